The van der Waals surface area contributed by atoms with E-state index in [4.69, 9.17) is 26.8 Å². The van der Waals surface area contributed by atoms with Gasteiger partial charge in [0.2, 0.25) is 0 Å². The maximum atomic E-state index is 11.9. The van der Waals surface area contributed by atoms with Gasteiger partial charge in [-0.3, -0.25) is 9.78 Å². The zero-order chi connectivity index (χ0) is 36.7. The van der Waals surface area contributed by atoms with Crippen molar-refractivity contribution in [2.45, 2.75) is 59.8 Å². The topological polar surface area (TPSA) is 139 Å². The van der Waals surface area contributed by atoms with Crippen LogP contribution in [0.4, 0.5) is 0 Å². The number of aryl methyl sites for hydroxylation is 1. The Morgan fingerprint density at radius 3 is 2.31 bits per heavy atom. The molecule has 0 saturated carbocycles. The number of ether oxygens (including phenoxy) is 2. The average molecular weight is 704 g/mol. The van der Waals surface area contributed by atoms with Gasteiger partial charge in [-0.25, -0.2) is 0 Å². The van der Waals surface area contributed by atoms with Crippen LogP contribution in [0.25, 0.3) is 22.3 Å². The molecule has 8 nitrogen and oxygen atoms in total. The van der Waals surface area contributed by atoms with Gasteiger partial charge in [0, 0.05) is 30.1 Å². The molecule has 0 amide bonds. The maximum Gasteiger partial charge on any atom is 0.311 e. The van der Waals surface area contributed by atoms with Crippen molar-refractivity contribution in [1.29, 1.82) is 5.26 Å². The Balaban J connectivity index is 1.42. The quantitative estimate of drug-likeness (QED) is 0.104. The van der Waals surface area contributed by atoms with Crippen molar-refractivity contribution in [2.24, 2.45) is 11.1 Å². The van der Waals surface area contributed by atoms with E-state index in [1.165, 1.54) is 13.1 Å². The monoisotopic (exact) mass is 703 g/mol. The first kappa shape index (κ1) is 37.1. The first-order chi connectivity index (χ1) is 24.4. The maximum absolute atomic E-state index is 11.9. The van der Waals surface area contributed by atoms with Gasteiger partial charge in [-0.1, -0.05) is 66.2 Å². The number of hydrogen-bond donors (Lipinski definition) is 3. The van der Waals surface area contributed by atoms with Crippen LogP contribution in [0.5, 0.6) is 11.5 Å². The molecule has 4 aromatic carbocycles. The molecule has 0 aliphatic heterocycles. The Morgan fingerprint density at radius 1 is 0.922 bits per heavy atom. The molecule has 5 rings (SSSR count). The van der Waals surface area contributed by atoms with Crippen molar-refractivity contribution < 1.29 is 24.5 Å². The fraction of sp³-hybridized carbons (Fsp3) is 0.262. The van der Waals surface area contributed by atoms with E-state index in [1.807, 2.05) is 31.2 Å². The summed E-state index contributed by atoms with van der Waals surface area (Å²) < 4.78 is 12.5. The van der Waals surface area contributed by atoms with Crippen LogP contribution >= 0.6 is 11.6 Å². The Labute approximate surface area is 304 Å². The normalized spacial score (nSPS) is 12.8. The molecule has 262 valence electrons. The second-order valence-corrected chi connectivity index (χ2v) is 13.6. The van der Waals surface area contributed by atoms with Gasteiger partial charge in [-0.2, -0.15) is 5.26 Å². The van der Waals surface area contributed by atoms with Gasteiger partial charge in [-0.05, 0) is 109 Å². The lowest BCUT2D eigenvalue weighted by molar-refractivity contribution is -0.150. The molecule has 0 unspecified atom stereocenters. The van der Waals surface area contributed by atoms with E-state index < -0.39 is 18.0 Å². The molecular weight excluding hydrogens is 662 g/mol. The summed E-state index contributed by atoms with van der Waals surface area (Å²) in [5.41, 5.74) is 15.4. The molecule has 51 heavy (non-hydrogen) atoms. The zero-order valence-electron chi connectivity index (χ0n) is 29.2. The van der Waals surface area contributed by atoms with Gasteiger partial charge < -0.3 is 25.4 Å². The molecule has 4 N–H and O–H groups in total. The summed E-state index contributed by atoms with van der Waals surface area (Å²) in [7, 11) is 0. The molecule has 9 heteroatoms. The number of nitrogens with two attached hydrogens (primary N) is 1. The van der Waals surface area contributed by atoms with Gasteiger partial charge in [0.1, 0.15) is 30.8 Å². The molecule has 0 fully saturated rings. The van der Waals surface area contributed by atoms with Crippen LogP contribution in [-0.4, -0.2) is 27.8 Å². The number of benzene rings is 4. The third-order valence-corrected chi connectivity index (χ3v) is 9.72. The summed E-state index contributed by atoms with van der Waals surface area (Å²) >= 11 is 6.76. The predicted octanol–water partition coefficient (Wildman–Crippen LogP) is 8.75. The van der Waals surface area contributed by atoms with E-state index >= 15 is 0 Å². The Morgan fingerprint density at radius 2 is 1.61 bits per heavy atom. The van der Waals surface area contributed by atoms with E-state index in [-0.39, 0.29) is 32.1 Å². The molecule has 0 aliphatic rings. The number of hydrogen-bond acceptors (Lipinski definition) is 7. The fourth-order valence-corrected chi connectivity index (χ4v) is 6.23. The number of carbonyl (C=O) groups is 1. The van der Waals surface area contributed by atoms with Gasteiger partial charge in [0.15, 0.2) is 0 Å². The highest BCUT2D eigenvalue weighted by molar-refractivity contribution is 6.32. The smallest absolute Gasteiger partial charge is 0.311 e. The summed E-state index contributed by atoms with van der Waals surface area (Å²) in [5.74, 6) is -0.235. The van der Waals surface area contributed by atoms with Crippen molar-refractivity contribution in [1.82, 2.24) is 4.98 Å². The highest BCUT2D eigenvalue weighted by Gasteiger charge is 2.32. The van der Waals surface area contributed by atoms with E-state index in [2.05, 4.69) is 61.3 Å². The van der Waals surface area contributed by atoms with Crippen molar-refractivity contribution in [2.75, 3.05) is 6.61 Å². The van der Waals surface area contributed by atoms with Crippen molar-refractivity contribution >= 4 is 17.6 Å². The lowest BCUT2D eigenvalue weighted by Gasteiger charge is -2.23. The van der Waals surface area contributed by atoms with Gasteiger partial charge in [-0.15, -0.1) is 0 Å². The summed E-state index contributed by atoms with van der Waals surface area (Å²) in [6, 6.07) is 28.0. The second kappa shape index (κ2) is 16.2. The van der Waals surface area contributed by atoms with Gasteiger partial charge >= 0.3 is 5.97 Å². The van der Waals surface area contributed by atoms with Gasteiger partial charge in [0.25, 0.3) is 0 Å². The predicted molar refractivity (Wildman–Crippen MR) is 200 cm³/mol. The number of aliphatic hydroxyl groups excluding tert-OH is 1. The number of aliphatic hydroxyl groups is 1. The number of carboxylic acids is 1. The standard InChI is InChI=1S/C42H42ClN3O5/c1-26-34(10-6-12-36(26)37-13-7-11-35(27(37)2)32-9-5-8-31(17-32)28(3)45)24-51-40-19-39(50-23-30-16-29(20-44)21-46-22-30)33(18-38(40)43)14-15-42(4,25-47)41(48)49/h5-13,16-19,21-22,28,47H,14-15,23-25,45H2,1-4H3,(H,48,49)/t28-,42-/m0/s1. The Kier molecular flexibility index (Phi) is 11.8. The summed E-state index contributed by atoms with van der Waals surface area (Å²) in [4.78, 5) is 16.0. The second-order valence-electron chi connectivity index (χ2n) is 13.2. The Hall–Kier alpha value is -5.20. The third-order valence-electron chi connectivity index (χ3n) is 9.42. The van der Waals surface area contributed by atoms with Crippen LogP contribution in [0.15, 0.2) is 91.3 Å². The van der Waals surface area contributed by atoms with E-state index in [0.29, 0.717) is 33.2 Å². The third kappa shape index (κ3) is 8.58. The summed E-state index contributed by atoms with van der Waals surface area (Å²) in [5, 5.41) is 29.2. The first-order valence-corrected chi connectivity index (χ1v) is 17.1. The molecule has 0 radical (unpaired) electrons. The lowest BCUT2D eigenvalue weighted by atomic mass is 9.85. The molecule has 0 aliphatic carbocycles. The van der Waals surface area contributed by atoms with E-state index in [1.54, 1.807) is 24.4 Å². The van der Waals surface area contributed by atoms with E-state index in [0.717, 1.165) is 44.5 Å². The first-order valence-electron chi connectivity index (χ1n) is 16.7. The van der Waals surface area contributed by atoms with Crippen LogP contribution in [0.1, 0.15) is 65.3 Å². The van der Waals surface area contributed by atoms with Crippen LogP contribution < -0.4 is 15.2 Å². The minimum Gasteiger partial charge on any atom is -0.488 e. The largest absolute Gasteiger partial charge is 0.488 e. The minimum atomic E-state index is -1.34. The molecule has 0 bridgehead atoms. The SMILES string of the molecule is Cc1c(COc2cc(OCc3cncc(C#N)c3)c(CC[C@@](C)(CO)C(=O)O)cc2Cl)cccc1-c1cccc(-c2cccc([C@H](C)N)c2)c1C. The van der Waals surface area contributed by atoms with Gasteiger partial charge in [0.05, 0.1) is 22.6 Å². The number of nitrogens with zero attached hydrogens (tertiary/aromatic N) is 2. The molecule has 5 aromatic rings. The number of rotatable bonds is 14. The van der Waals surface area contributed by atoms with Crippen molar-refractivity contribution in [3.63, 3.8) is 0 Å². The fourth-order valence-electron chi connectivity index (χ4n) is 5.99. The highest BCUT2D eigenvalue weighted by atomic mass is 35.5. The average Bonchev–Trinajstić information content (AvgIpc) is 3.13. The number of pyridine rings is 1. The molecule has 0 spiro atoms. The lowest BCUT2D eigenvalue weighted by Crippen LogP contribution is -2.32. The molecular formula is C42H42ClN3O5. The van der Waals surface area contributed by atoms with Crippen LogP contribution in [0.2, 0.25) is 5.02 Å². The number of carboxylic acid groups (broad SMARTS) is 1. The number of halogens is 1. The van der Waals surface area contributed by atoms with Crippen molar-refractivity contribution in [3.8, 4) is 39.8 Å². The van der Waals surface area contributed by atoms with Crippen molar-refractivity contribution in [3.05, 3.63) is 135 Å². The van der Waals surface area contributed by atoms with Crippen LogP contribution in [0.3, 0.4) is 0 Å². The van der Waals surface area contributed by atoms with E-state index in [9.17, 15) is 20.3 Å². The highest BCUT2D eigenvalue weighted by Crippen LogP contribution is 2.38. The van der Waals surface area contributed by atoms with Crippen LogP contribution in [-0.2, 0) is 24.4 Å². The zero-order valence-corrected chi connectivity index (χ0v) is 30.0. The molecule has 1 heterocycles. The summed E-state index contributed by atoms with van der Waals surface area (Å²) in [6.07, 6.45) is 3.53. The molecule has 1 aromatic heterocycles. The van der Waals surface area contributed by atoms with Crippen LogP contribution in [0, 0.1) is 30.6 Å². The minimum absolute atomic E-state index is 0.0579. The number of nitriles is 1. The molecule has 2 atom stereocenters. The number of aliphatic carboxylic acids is 1. The Bertz CT molecular complexity index is 2090. The molecule has 0 saturated heterocycles. The number of aromatic nitrogens is 1. The summed E-state index contributed by atoms with van der Waals surface area (Å²) in [6.45, 7) is 7.55.